The number of hydrogen-bond donors (Lipinski definition) is 2. The monoisotopic (exact) mass is 339 g/mol. The van der Waals surface area contributed by atoms with Crippen LogP contribution in [0.15, 0.2) is 48.5 Å². The van der Waals surface area contributed by atoms with Gasteiger partial charge in [0.05, 0.1) is 6.04 Å². The summed E-state index contributed by atoms with van der Waals surface area (Å²) in [6.07, 6.45) is -0.963. The number of rotatable bonds is 3. The quantitative estimate of drug-likeness (QED) is 0.843. The molecule has 25 heavy (non-hydrogen) atoms. The summed E-state index contributed by atoms with van der Waals surface area (Å²) in [7, 11) is 0. The van der Waals surface area contributed by atoms with E-state index in [1.165, 1.54) is 6.92 Å². The Morgan fingerprint density at radius 2 is 1.76 bits per heavy atom. The summed E-state index contributed by atoms with van der Waals surface area (Å²) in [6, 6.07) is 13.2. The van der Waals surface area contributed by atoms with Crippen molar-refractivity contribution in [3.05, 3.63) is 65.2 Å². The van der Waals surface area contributed by atoms with Crippen molar-refractivity contribution in [2.45, 2.75) is 38.5 Å². The topological polar surface area (TPSA) is 75.6 Å². The molecule has 1 amide bonds. The summed E-state index contributed by atoms with van der Waals surface area (Å²) < 4.78 is 5.87. The van der Waals surface area contributed by atoms with Crippen LogP contribution in [0.2, 0.25) is 0 Å². The zero-order valence-corrected chi connectivity index (χ0v) is 14.4. The van der Waals surface area contributed by atoms with Crippen LogP contribution in [-0.4, -0.2) is 28.5 Å². The van der Waals surface area contributed by atoms with E-state index in [-0.39, 0.29) is 11.7 Å². The highest BCUT2D eigenvalue weighted by atomic mass is 16.5. The predicted octanol–water partition coefficient (Wildman–Crippen LogP) is 2.89. The zero-order valence-electron chi connectivity index (χ0n) is 14.4. The number of carbonyl (C=O) groups is 2. The lowest BCUT2D eigenvalue weighted by molar-refractivity contribution is -0.0627. The molecular weight excluding hydrogens is 318 g/mol. The molecule has 2 aromatic carbocycles. The van der Waals surface area contributed by atoms with Gasteiger partial charge in [-0.05, 0) is 51.1 Å². The van der Waals surface area contributed by atoms with E-state index in [1.54, 1.807) is 56.3 Å². The van der Waals surface area contributed by atoms with Crippen LogP contribution in [-0.2, 0) is 0 Å². The van der Waals surface area contributed by atoms with Crippen LogP contribution in [0, 0.1) is 0 Å². The maximum Gasteiger partial charge on any atom is 0.251 e. The summed E-state index contributed by atoms with van der Waals surface area (Å²) in [5, 5.41) is 13.6. The summed E-state index contributed by atoms with van der Waals surface area (Å²) in [6.45, 7) is 5.01. The molecule has 3 rings (SSSR count). The van der Waals surface area contributed by atoms with Gasteiger partial charge in [0.25, 0.3) is 5.91 Å². The van der Waals surface area contributed by atoms with Gasteiger partial charge in [-0.25, -0.2) is 0 Å². The van der Waals surface area contributed by atoms with Crippen molar-refractivity contribution in [3.8, 4) is 5.75 Å². The molecule has 1 aliphatic heterocycles. The van der Waals surface area contributed by atoms with E-state index in [4.69, 9.17) is 4.74 Å². The number of fused-ring (bicyclic) bond motifs is 1. The molecule has 0 aliphatic carbocycles. The van der Waals surface area contributed by atoms with Gasteiger partial charge in [-0.3, -0.25) is 9.59 Å². The minimum atomic E-state index is -0.963. The highest BCUT2D eigenvalue weighted by molar-refractivity contribution is 5.95. The average molecular weight is 339 g/mol. The molecule has 0 radical (unpaired) electrons. The van der Waals surface area contributed by atoms with E-state index in [2.05, 4.69) is 5.32 Å². The third kappa shape index (κ3) is 3.28. The van der Waals surface area contributed by atoms with Crippen molar-refractivity contribution in [1.29, 1.82) is 0 Å². The Morgan fingerprint density at radius 3 is 2.40 bits per heavy atom. The Kier molecular flexibility index (Phi) is 4.35. The Morgan fingerprint density at radius 1 is 1.08 bits per heavy atom. The normalized spacial score (nSPS) is 21.0. The van der Waals surface area contributed by atoms with Crippen LogP contribution >= 0.6 is 0 Å². The number of ether oxygens (including phenoxy) is 1. The Bertz CT molecular complexity index is 814. The second kappa shape index (κ2) is 6.33. The number of ketones is 1. The lowest BCUT2D eigenvalue weighted by atomic mass is 9.85. The molecule has 5 nitrogen and oxygen atoms in total. The van der Waals surface area contributed by atoms with Crippen LogP contribution < -0.4 is 10.1 Å². The lowest BCUT2D eigenvalue weighted by Crippen LogP contribution is -2.53. The first kappa shape index (κ1) is 17.2. The van der Waals surface area contributed by atoms with Crippen molar-refractivity contribution < 1.29 is 19.4 Å². The summed E-state index contributed by atoms with van der Waals surface area (Å²) in [4.78, 5) is 24.3. The summed E-state index contributed by atoms with van der Waals surface area (Å²) in [5.74, 6) is 0.176. The Balaban J connectivity index is 2.00. The summed E-state index contributed by atoms with van der Waals surface area (Å²) >= 11 is 0. The van der Waals surface area contributed by atoms with E-state index in [1.807, 2.05) is 6.07 Å². The first-order valence-electron chi connectivity index (χ1n) is 8.17. The maximum absolute atomic E-state index is 12.6. The van der Waals surface area contributed by atoms with Crippen LogP contribution in [0.3, 0.4) is 0 Å². The molecular formula is C20H21NO4. The number of hydrogen-bond acceptors (Lipinski definition) is 4. The molecule has 1 heterocycles. The molecule has 130 valence electrons. The van der Waals surface area contributed by atoms with E-state index in [0.29, 0.717) is 22.4 Å². The second-order valence-electron chi connectivity index (χ2n) is 6.78. The molecule has 0 spiro atoms. The number of carbonyl (C=O) groups excluding carboxylic acids is 2. The molecule has 0 aromatic heterocycles. The number of amides is 1. The van der Waals surface area contributed by atoms with Crippen molar-refractivity contribution in [3.63, 3.8) is 0 Å². The van der Waals surface area contributed by atoms with Gasteiger partial charge >= 0.3 is 0 Å². The van der Waals surface area contributed by atoms with E-state index in [0.717, 1.165) is 0 Å². The van der Waals surface area contributed by atoms with Crippen LogP contribution in [0.4, 0.5) is 0 Å². The minimum absolute atomic E-state index is 0.0877. The van der Waals surface area contributed by atoms with E-state index < -0.39 is 17.7 Å². The summed E-state index contributed by atoms with van der Waals surface area (Å²) in [5.41, 5.74) is 0.736. The largest absolute Gasteiger partial charge is 0.485 e. The fraction of sp³-hybridized carbons (Fsp3) is 0.300. The van der Waals surface area contributed by atoms with Crippen molar-refractivity contribution in [1.82, 2.24) is 5.32 Å². The molecule has 0 bridgehead atoms. The number of aliphatic hydroxyl groups excluding tert-OH is 1. The van der Waals surface area contributed by atoms with Gasteiger partial charge < -0.3 is 15.2 Å². The molecule has 2 atom stereocenters. The van der Waals surface area contributed by atoms with Crippen molar-refractivity contribution >= 4 is 11.7 Å². The van der Waals surface area contributed by atoms with Crippen molar-refractivity contribution in [2.24, 2.45) is 0 Å². The molecule has 0 saturated carbocycles. The minimum Gasteiger partial charge on any atom is -0.485 e. The molecule has 5 heteroatoms. The second-order valence-corrected chi connectivity index (χ2v) is 6.78. The highest BCUT2D eigenvalue weighted by Gasteiger charge is 2.43. The van der Waals surface area contributed by atoms with Crippen molar-refractivity contribution in [2.75, 3.05) is 0 Å². The standard InChI is InChI=1S/C20H21NO4/c1-12(22)14-9-10-16-15(11-14)17(18(23)20(2,3)25-16)21-19(24)13-7-5-4-6-8-13/h4-11,17-18,23H,1-3H3,(H,21,24). The van der Waals surface area contributed by atoms with Gasteiger partial charge in [0.15, 0.2) is 5.78 Å². The third-order valence-electron chi connectivity index (χ3n) is 4.47. The first-order chi connectivity index (χ1) is 11.8. The zero-order chi connectivity index (χ0) is 18.2. The fourth-order valence-corrected chi connectivity index (χ4v) is 2.99. The van der Waals surface area contributed by atoms with Gasteiger partial charge in [-0.15, -0.1) is 0 Å². The Hall–Kier alpha value is -2.66. The number of benzene rings is 2. The van der Waals surface area contributed by atoms with Gasteiger partial charge in [0.2, 0.25) is 0 Å². The van der Waals surface area contributed by atoms with Gasteiger partial charge in [-0.2, -0.15) is 0 Å². The van der Waals surface area contributed by atoms with Gasteiger partial charge in [0.1, 0.15) is 17.5 Å². The van der Waals surface area contributed by atoms with E-state index >= 15 is 0 Å². The number of Topliss-reactive ketones (excluding diaryl/α,β-unsaturated/α-hetero) is 1. The van der Waals surface area contributed by atoms with Crippen LogP contribution in [0.1, 0.15) is 53.1 Å². The fourth-order valence-electron chi connectivity index (χ4n) is 2.99. The SMILES string of the molecule is CC(=O)c1ccc2c(c1)C(NC(=O)c1ccccc1)C(O)C(C)(C)O2. The van der Waals surface area contributed by atoms with E-state index in [9.17, 15) is 14.7 Å². The molecule has 2 aromatic rings. The molecule has 0 saturated heterocycles. The molecule has 2 N–H and O–H groups in total. The third-order valence-corrected chi connectivity index (χ3v) is 4.47. The average Bonchev–Trinajstić information content (AvgIpc) is 2.59. The number of aliphatic hydroxyl groups is 1. The smallest absolute Gasteiger partial charge is 0.251 e. The molecule has 0 fully saturated rings. The van der Waals surface area contributed by atoms with Gasteiger partial charge in [0, 0.05) is 16.7 Å². The predicted molar refractivity (Wildman–Crippen MR) is 93.8 cm³/mol. The molecule has 1 aliphatic rings. The van der Waals surface area contributed by atoms with Crippen LogP contribution in [0.25, 0.3) is 0 Å². The van der Waals surface area contributed by atoms with Crippen LogP contribution in [0.5, 0.6) is 5.75 Å². The maximum atomic E-state index is 12.6. The lowest BCUT2D eigenvalue weighted by Gasteiger charge is -2.42. The highest BCUT2D eigenvalue weighted by Crippen LogP contribution is 2.40. The molecule has 2 unspecified atom stereocenters. The Labute approximate surface area is 146 Å². The van der Waals surface area contributed by atoms with Gasteiger partial charge in [-0.1, -0.05) is 18.2 Å². The number of nitrogens with one attached hydrogen (secondary N) is 1. The first-order valence-corrected chi connectivity index (χ1v) is 8.17.